The SMILES string of the molecule is CC(N)CCC(=O)N(C)Cc1ccccc1. The third-order valence-electron chi connectivity index (χ3n) is 2.50. The summed E-state index contributed by atoms with van der Waals surface area (Å²) in [6.45, 7) is 2.59. The summed E-state index contributed by atoms with van der Waals surface area (Å²) >= 11 is 0. The number of hydrogen-bond donors (Lipinski definition) is 1. The van der Waals surface area contributed by atoms with E-state index in [1.807, 2.05) is 44.3 Å². The first-order valence-electron chi connectivity index (χ1n) is 5.63. The molecular formula is C13H20N2O. The van der Waals surface area contributed by atoms with Gasteiger partial charge in [0, 0.05) is 26.1 Å². The minimum atomic E-state index is 0.0917. The van der Waals surface area contributed by atoms with Gasteiger partial charge in [-0.2, -0.15) is 0 Å². The molecule has 0 aliphatic rings. The third-order valence-corrected chi connectivity index (χ3v) is 2.50. The Morgan fingerprint density at radius 1 is 1.38 bits per heavy atom. The summed E-state index contributed by atoms with van der Waals surface area (Å²) in [5.74, 6) is 0.154. The van der Waals surface area contributed by atoms with Crippen LogP contribution >= 0.6 is 0 Å². The molecule has 0 heterocycles. The van der Waals surface area contributed by atoms with Gasteiger partial charge in [-0.3, -0.25) is 4.79 Å². The van der Waals surface area contributed by atoms with E-state index in [0.29, 0.717) is 13.0 Å². The van der Waals surface area contributed by atoms with Crippen LogP contribution in [0.5, 0.6) is 0 Å². The summed E-state index contributed by atoms with van der Waals surface area (Å²) in [6, 6.07) is 10.1. The molecule has 0 radical (unpaired) electrons. The predicted molar refractivity (Wildman–Crippen MR) is 65.8 cm³/mol. The maximum atomic E-state index is 11.7. The van der Waals surface area contributed by atoms with Gasteiger partial charge in [0.1, 0.15) is 0 Å². The van der Waals surface area contributed by atoms with Crippen molar-refractivity contribution in [3.8, 4) is 0 Å². The average Bonchev–Trinajstić information content (AvgIpc) is 2.27. The van der Waals surface area contributed by atoms with Crippen LogP contribution in [0.3, 0.4) is 0 Å². The van der Waals surface area contributed by atoms with Crippen molar-refractivity contribution in [2.45, 2.75) is 32.4 Å². The molecule has 0 saturated carbocycles. The molecule has 0 aliphatic heterocycles. The normalized spacial score (nSPS) is 12.2. The Morgan fingerprint density at radius 2 is 2.00 bits per heavy atom. The Labute approximate surface area is 97.2 Å². The second-order valence-electron chi connectivity index (χ2n) is 4.25. The highest BCUT2D eigenvalue weighted by Gasteiger charge is 2.09. The van der Waals surface area contributed by atoms with Crippen molar-refractivity contribution in [3.05, 3.63) is 35.9 Å². The maximum Gasteiger partial charge on any atom is 0.222 e. The zero-order valence-electron chi connectivity index (χ0n) is 10.0. The van der Waals surface area contributed by atoms with Gasteiger partial charge in [0.25, 0.3) is 0 Å². The molecule has 0 fully saturated rings. The van der Waals surface area contributed by atoms with Crippen LogP contribution in [0.15, 0.2) is 30.3 Å². The van der Waals surface area contributed by atoms with E-state index in [-0.39, 0.29) is 11.9 Å². The third kappa shape index (κ3) is 4.45. The van der Waals surface area contributed by atoms with E-state index in [4.69, 9.17) is 5.73 Å². The number of amides is 1. The molecule has 0 saturated heterocycles. The van der Waals surface area contributed by atoms with Crippen LogP contribution in [0.1, 0.15) is 25.3 Å². The summed E-state index contributed by atoms with van der Waals surface area (Å²) in [7, 11) is 1.83. The summed E-state index contributed by atoms with van der Waals surface area (Å²) in [5, 5.41) is 0. The Balaban J connectivity index is 2.40. The lowest BCUT2D eigenvalue weighted by molar-refractivity contribution is -0.130. The van der Waals surface area contributed by atoms with E-state index >= 15 is 0 Å². The standard InChI is InChI=1S/C13H20N2O/c1-11(14)8-9-13(16)15(2)10-12-6-4-3-5-7-12/h3-7,11H,8-10,14H2,1-2H3. The van der Waals surface area contributed by atoms with Gasteiger partial charge < -0.3 is 10.6 Å². The van der Waals surface area contributed by atoms with Crippen LogP contribution < -0.4 is 5.73 Å². The van der Waals surface area contributed by atoms with E-state index < -0.39 is 0 Å². The molecule has 88 valence electrons. The Kier molecular flexibility index (Phi) is 4.99. The molecule has 2 N–H and O–H groups in total. The van der Waals surface area contributed by atoms with Gasteiger partial charge in [0.05, 0.1) is 0 Å². The molecule has 1 unspecified atom stereocenters. The molecule has 0 aliphatic carbocycles. The van der Waals surface area contributed by atoms with Crippen molar-refractivity contribution in [1.29, 1.82) is 0 Å². The van der Waals surface area contributed by atoms with Crippen LogP contribution in [0.2, 0.25) is 0 Å². The molecule has 16 heavy (non-hydrogen) atoms. The van der Waals surface area contributed by atoms with E-state index in [2.05, 4.69) is 0 Å². The molecule has 3 nitrogen and oxygen atoms in total. The van der Waals surface area contributed by atoms with Gasteiger partial charge in [0.2, 0.25) is 5.91 Å². The van der Waals surface area contributed by atoms with Crippen molar-refractivity contribution in [2.75, 3.05) is 7.05 Å². The minimum absolute atomic E-state index is 0.0917. The first-order valence-corrected chi connectivity index (χ1v) is 5.63. The molecule has 3 heteroatoms. The number of hydrogen-bond acceptors (Lipinski definition) is 2. The Morgan fingerprint density at radius 3 is 2.56 bits per heavy atom. The Bertz CT molecular complexity index is 322. The van der Waals surface area contributed by atoms with E-state index in [1.165, 1.54) is 0 Å². The number of carbonyl (C=O) groups is 1. The van der Waals surface area contributed by atoms with Gasteiger partial charge in [-0.25, -0.2) is 0 Å². The number of carbonyl (C=O) groups excluding carboxylic acids is 1. The van der Waals surface area contributed by atoms with Crippen LogP contribution in [0.25, 0.3) is 0 Å². The first kappa shape index (κ1) is 12.7. The Hall–Kier alpha value is -1.35. The van der Waals surface area contributed by atoms with Crippen molar-refractivity contribution >= 4 is 5.91 Å². The summed E-state index contributed by atoms with van der Waals surface area (Å²) in [6.07, 6.45) is 1.28. The van der Waals surface area contributed by atoms with Gasteiger partial charge in [-0.15, -0.1) is 0 Å². The zero-order valence-corrected chi connectivity index (χ0v) is 10.0. The van der Waals surface area contributed by atoms with E-state index in [1.54, 1.807) is 4.90 Å². The fourth-order valence-corrected chi connectivity index (χ4v) is 1.49. The van der Waals surface area contributed by atoms with E-state index in [0.717, 1.165) is 12.0 Å². The highest BCUT2D eigenvalue weighted by Crippen LogP contribution is 2.05. The van der Waals surface area contributed by atoms with Crippen molar-refractivity contribution < 1.29 is 4.79 Å². The fraction of sp³-hybridized carbons (Fsp3) is 0.462. The summed E-state index contributed by atoms with van der Waals surface area (Å²) in [5.41, 5.74) is 6.77. The monoisotopic (exact) mass is 220 g/mol. The lowest BCUT2D eigenvalue weighted by Crippen LogP contribution is -2.27. The van der Waals surface area contributed by atoms with Crippen LogP contribution in [0, 0.1) is 0 Å². The summed E-state index contributed by atoms with van der Waals surface area (Å²) < 4.78 is 0. The second kappa shape index (κ2) is 6.28. The molecule has 1 rings (SSSR count). The topological polar surface area (TPSA) is 46.3 Å². The largest absolute Gasteiger partial charge is 0.341 e. The maximum absolute atomic E-state index is 11.7. The average molecular weight is 220 g/mol. The first-order chi connectivity index (χ1) is 7.59. The van der Waals surface area contributed by atoms with Gasteiger partial charge in [-0.05, 0) is 18.9 Å². The van der Waals surface area contributed by atoms with Crippen LogP contribution in [-0.2, 0) is 11.3 Å². The van der Waals surface area contributed by atoms with Crippen LogP contribution in [0.4, 0.5) is 0 Å². The molecule has 1 amide bonds. The fourth-order valence-electron chi connectivity index (χ4n) is 1.49. The van der Waals surface area contributed by atoms with Gasteiger partial charge >= 0.3 is 0 Å². The van der Waals surface area contributed by atoms with Crippen molar-refractivity contribution in [3.63, 3.8) is 0 Å². The molecule has 1 aromatic rings. The molecule has 0 spiro atoms. The lowest BCUT2D eigenvalue weighted by atomic mass is 10.1. The smallest absolute Gasteiger partial charge is 0.222 e. The minimum Gasteiger partial charge on any atom is -0.341 e. The second-order valence-corrected chi connectivity index (χ2v) is 4.25. The number of nitrogens with zero attached hydrogens (tertiary/aromatic N) is 1. The highest BCUT2D eigenvalue weighted by molar-refractivity contribution is 5.75. The molecular weight excluding hydrogens is 200 g/mol. The number of benzene rings is 1. The number of rotatable bonds is 5. The molecule has 0 aromatic heterocycles. The van der Waals surface area contributed by atoms with Gasteiger partial charge in [0.15, 0.2) is 0 Å². The summed E-state index contributed by atoms with van der Waals surface area (Å²) in [4.78, 5) is 13.5. The molecule has 0 bridgehead atoms. The number of nitrogens with two attached hydrogens (primary N) is 1. The molecule has 1 aromatic carbocycles. The highest BCUT2D eigenvalue weighted by atomic mass is 16.2. The quantitative estimate of drug-likeness (QED) is 0.822. The molecule has 1 atom stereocenters. The van der Waals surface area contributed by atoms with Crippen molar-refractivity contribution in [2.24, 2.45) is 5.73 Å². The predicted octanol–water partition coefficient (Wildman–Crippen LogP) is 1.77. The van der Waals surface area contributed by atoms with Crippen molar-refractivity contribution in [1.82, 2.24) is 4.90 Å². The van der Waals surface area contributed by atoms with Crippen LogP contribution in [-0.4, -0.2) is 23.9 Å². The van der Waals surface area contributed by atoms with Gasteiger partial charge in [-0.1, -0.05) is 30.3 Å². The van der Waals surface area contributed by atoms with E-state index in [9.17, 15) is 4.79 Å². The zero-order chi connectivity index (χ0) is 12.0. The lowest BCUT2D eigenvalue weighted by Gasteiger charge is -2.17.